The SMILES string of the molecule is CC1CCCN(S(=O)(=O)c2cc(C(=O)OCC(=O)N(C)C3CCCCC3)ccc2Cl)C1. The number of carbonyl (C=O) groups excluding carboxylic acids is 2. The summed E-state index contributed by atoms with van der Waals surface area (Å²) in [5.74, 6) is -0.738. The molecule has 1 saturated carbocycles. The molecule has 1 heterocycles. The van der Waals surface area contributed by atoms with Crippen LogP contribution in [0.3, 0.4) is 0 Å². The zero-order valence-corrected chi connectivity index (χ0v) is 19.8. The highest BCUT2D eigenvalue weighted by molar-refractivity contribution is 7.89. The first-order valence-corrected chi connectivity index (χ1v) is 12.7. The molecule has 1 saturated heterocycles. The number of rotatable bonds is 6. The molecule has 0 N–H and O–H groups in total. The number of carbonyl (C=O) groups is 2. The molecule has 0 radical (unpaired) electrons. The maximum absolute atomic E-state index is 13.1. The first-order chi connectivity index (χ1) is 14.7. The van der Waals surface area contributed by atoms with E-state index in [0.717, 1.165) is 38.5 Å². The van der Waals surface area contributed by atoms with Crippen molar-refractivity contribution in [2.45, 2.75) is 62.8 Å². The average Bonchev–Trinajstić information content (AvgIpc) is 2.77. The Morgan fingerprint density at radius 2 is 1.87 bits per heavy atom. The number of esters is 1. The number of likely N-dealkylation sites (N-methyl/N-ethyl adjacent to an activating group) is 1. The molecular formula is C22H31ClN2O5S. The van der Waals surface area contributed by atoms with Gasteiger partial charge in [-0.05, 0) is 49.8 Å². The quantitative estimate of drug-likeness (QED) is 0.592. The Morgan fingerprint density at radius 3 is 2.55 bits per heavy atom. The van der Waals surface area contributed by atoms with Gasteiger partial charge in [-0.1, -0.05) is 37.8 Å². The summed E-state index contributed by atoms with van der Waals surface area (Å²) in [6.07, 6.45) is 7.07. The summed E-state index contributed by atoms with van der Waals surface area (Å²) >= 11 is 6.18. The summed E-state index contributed by atoms with van der Waals surface area (Å²) in [4.78, 5) is 26.5. The van der Waals surface area contributed by atoms with E-state index in [2.05, 4.69) is 0 Å². The van der Waals surface area contributed by atoms with Crippen LogP contribution < -0.4 is 0 Å². The second kappa shape index (κ2) is 10.3. The van der Waals surface area contributed by atoms with Crippen molar-refractivity contribution in [1.29, 1.82) is 0 Å². The lowest BCUT2D eigenvalue weighted by Crippen LogP contribution is -2.40. The lowest BCUT2D eigenvalue weighted by atomic mass is 9.94. The Kier molecular flexibility index (Phi) is 7.99. The van der Waals surface area contributed by atoms with E-state index in [1.807, 2.05) is 6.92 Å². The van der Waals surface area contributed by atoms with Gasteiger partial charge in [-0.25, -0.2) is 13.2 Å². The van der Waals surface area contributed by atoms with Crippen molar-refractivity contribution in [3.63, 3.8) is 0 Å². The molecule has 0 bridgehead atoms. The standard InChI is InChI=1S/C22H31ClN2O5S/c1-16-7-6-12-25(14-16)31(28,29)20-13-17(10-11-19(20)23)22(27)30-15-21(26)24(2)18-8-4-3-5-9-18/h10-11,13,16,18H,3-9,12,14-15H2,1-2H3. The van der Waals surface area contributed by atoms with Crippen LogP contribution in [0, 0.1) is 5.92 Å². The molecule has 0 spiro atoms. The smallest absolute Gasteiger partial charge is 0.338 e. The summed E-state index contributed by atoms with van der Waals surface area (Å²) < 4.78 is 32.8. The summed E-state index contributed by atoms with van der Waals surface area (Å²) in [6.45, 7) is 2.49. The van der Waals surface area contributed by atoms with E-state index in [1.54, 1.807) is 11.9 Å². The van der Waals surface area contributed by atoms with Gasteiger partial charge >= 0.3 is 5.97 Å². The minimum atomic E-state index is -3.82. The lowest BCUT2D eigenvalue weighted by Gasteiger charge is -2.31. The molecule has 172 valence electrons. The molecular weight excluding hydrogens is 440 g/mol. The fourth-order valence-electron chi connectivity index (χ4n) is 4.32. The highest BCUT2D eigenvalue weighted by Gasteiger charge is 2.31. The maximum atomic E-state index is 13.1. The minimum absolute atomic E-state index is 0.0566. The van der Waals surface area contributed by atoms with Crippen LogP contribution in [0.4, 0.5) is 0 Å². The molecule has 3 rings (SSSR count). The number of nitrogens with zero attached hydrogens (tertiary/aromatic N) is 2. The number of hydrogen-bond acceptors (Lipinski definition) is 5. The third-order valence-electron chi connectivity index (χ3n) is 6.25. The highest BCUT2D eigenvalue weighted by atomic mass is 35.5. The van der Waals surface area contributed by atoms with E-state index in [0.29, 0.717) is 13.1 Å². The number of amides is 1. The molecule has 1 unspecified atom stereocenters. The number of ether oxygens (including phenoxy) is 1. The van der Waals surface area contributed by atoms with E-state index in [9.17, 15) is 18.0 Å². The van der Waals surface area contributed by atoms with E-state index in [-0.39, 0.29) is 40.0 Å². The fraction of sp³-hybridized carbons (Fsp3) is 0.636. The minimum Gasteiger partial charge on any atom is -0.452 e. The monoisotopic (exact) mass is 470 g/mol. The van der Waals surface area contributed by atoms with Gasteiger partial charge < -0.3 is 9.64 Å². The molecule has 2 aliphatic rings. The van der Waals surface area contributed by atoms with Gasteiger partial charge in [-0.2, -0.15) is 4.31 Å². The van der Waals surface area contributed by atoms with E-state index >= 15 is 0 Å². The molecule has 1 aromatic rings. The van der Waals surface area contributed by atoms with Gasteiger partial charge in [0.1, 0.15) is 4.90 Å². The van der Waals surface area contributed by atoms with Gasteiger partial charge in [0.25, 0.3) is 5.91 Å². The van der Waals surface area contributed by atoms with Crippen molar-refractivity contribution in [3.8, 4) is 0 Å². The number of sulfonamides is 1. The molecule has 0 aromatic heterocycles. The molecule has 1 aliphatic heterocycles. The third-order valence-corrected chi connectivity index (χ3v) is 8.59. The Balaban J connectivity index is 1.67. The van der Waals surface area contributed by atoms with Gasteiger partial charge in [0.2, 0.25) is 10.0 Å². The number of piperidine rings is 1. The number of benzene rings is 1. The molecule has 2 fully saturated rings. The second-order valence-corrected chi connectivity index (χ2v) is 10.9. The lowest BCUT2D eigenvalue weighted by molar-refractivity contribution is -0.135. The molecule has 1 amide bonds. The van der Waals surface area contributed by atoms with Crippen LogP contribution >= 0.6 is 11.6 Å². The van der Waals surface area contributed by atoms with E-state index < -0.39 is 16.0 Å². The van der Waals surface area contributed by atoms with Crippen LogP contribution in [0.1, 0.15) is 62.2 Å². The summed E-state index contributed by atoms with van der Waals surface area (Å²) in [6, 6.07) is 4.22. The van der Waals surface area contributed by atoms with Crippen molar-refractivity contribution >= 4 is 33.5 Å². The third kappa shape index (κ3) is 5.79. The van der Waals surface area contributed by atoms with Crippen LogP contribution in [-0.2, 0) is 19.6 Å². The largest absolute Gasteiger partial charge is 0.452 e. The van der Waals surface area contributed by atoms with Crippen LogP contribution in [0.15, 0.2) is 23.1 Å². The molecule has 1 atom stereocenters. The summed E-state index contributed by atoms with van der Waals surface area (Å²) in [5, 5.41) is 0.0582. The summed E-state index contributed by atoms with van der Waals surface area (Å²) in [7, 11) is -2.09. The predicted molar refractivity (Wildman–Crippen MR) is 119 cm³/mol. The van der Waals surface area contributed by atoms with Gasteiger partial charge in [-0.15, -0.1) is 0 Å². The Hall–Kier alpha value is -1.64. The first-order valence-electron chi connectivity index (χ1n) is 10.9. The second-order valence-electron chi connectivity index (χ2n) is 8.63. The van der Waals surface area contributed by atoms with E-state index in [4.69, 9.17) is 16.3 Å². The van der Waals surface area contributed by atoms with Crippen molar-refractivity contribution in [1.82, 2.24) is 9.21 Å². The molecule has 31 heavy (non-hydrogen) atoms. The fourth-order valence-corrected chi connectivity index (χ4v) is 6.41. The van der Waals surface area contributed by atoms with Crippen LogP contribution in [0.5, 0.6) is 0 Å². The Bertz CT molecular complexity index is 914. The molecule has 1 aromatic carbocycles. The van der Waals surface area contributed by atoms with Crippen molar-refractivity contribution in [2.75, 3.05) is 26.7 Å². The molecule has 1 aliphatic carbocycles. The van der Waals surface area contributed by atoms with Crippen LogP contribution in [0.25, 0.3) is 0 Å². The zero-order chi connectivity index (χ0) is 22.6. The molecule has 7 nitrogen and oxygen atoms in total. The van der Waals surface area contributed by atoms with Gasteiger partial charge in [0.15, 0.2) is 6.61 Å². The average molecular weight is 471 g/mol. The number of hydrogen-bond donors (Lipinski definition) is 0. The Labute approximate surface area is 189 Å². The number of halogens is 1. The zero-order valence-electron chi connectivity index (χ0n) is 18.2. The highest BCUT2D eigenvalue weighted by Crippen LogP contribution is 2.29. The van der Waals surface area contributed by atoms with Gasteiger partial charge in [0, 0.05) is 26.2 Å². The Morgan fingerprint density at radius 1 is 1.16 bits per heavy atom. The van der Waals surface area contributed by atoms with E-state index in [1.165, 1.54) is 28.9 Å². The van der Waals surface area contributed by atoms with Gasteiger partial charge in [0.05, 0.1) is 10.6 Å². The normalized spacial score (nSPS) is 20.9. The summed E-state index contributed by atoms with van der Waals surface area (Å²) in [5.41, 5.74) is 0.0566. The van der Waals surface area contributed by atoms with Crippen molar-refractivity contribution in [3.05, 3.63) is 28.8 Å². The van der Waals surface area contributed by atoms with Gasteiger partial charge in [-0.3, -0.25) is 4.79 Å². The predicted octanol–water partition coefficient (Wildman–Crippen LogP) is 3.71. The van der Waals surface area contributed by atoms with Crippen molar-refractivity contribution < 1.29 is 22.7 Å². The van der Waals surface area contributed by atoms with Crippen LogP contribution in [-0.4, -0.2) is 62.3 Å². The maximum Gasteiger partial charge on any atom is 0.338 e. The first kappa shape index (κ1) is 24.0. The topological polar surface area (TPSA) is 84.0 Å². The molecule has 9 heteroatoms. The van der Waals surface area contributed by atoms with Crippen LogP contribution in [0.2, 0.25) is 5.02 Å². The van der Waals surface area contributed by atoms with Crippen molar-refractivity contribution in [2.24, 2.45) is 5.92 Å².